The van der Waals surface area contributed by atoms with E-state index in [9.17, 15) is 9.50 Å². The first kappa shape index (κ1) is 9.59. The van der Waals surface area contributed by atoms with Crippen molar-refractivity contribution in [2.45, 2.75) is 31.8 Å². The third-order valence-electron chi connectivity index (χ3n) is 2.94. The number of hydrogen-bond acceptors (Lipinski definition) is 2. The fraction of sp³-hybridized carbons (Fsp3) is 0.545. The average molecular weight is 195 g/mol. The van der Waals surface area contributed by atoms with Gasteiger partial charge in [0.05, 0.1) is 12.3 Å². The third-order valence-corrected chi connectivity index (χ3v) is 2.94. The summed E-state index contributed by atoms with van der Waals surface area (Å²) in [5, 5.41) is 9.77. The Morgan fingerprint density at radius 2 is 2.36 bits per heavy atom. The number of aliphatic hydroxyl groups is 1. The normalized spacial score (nSPS) is 19.0. The standard InChI is InChI=1S/C11H14FNO/c12-10-7-13-5-4-9(10)11(14)6-8-2-1-3-8/h4-5,7-8,11,14H,1-3,6H2. The maximum atomic E-state index is 13.2. The van der Waals surface area contributed by atoms with Gasteiger partial charge in [-0.25, -0.2) is 4.39 Å². The molecule has 0 radical (unpaired) electrons. The molecule has 0 bridgehead atoms. The molecule has 0 saturated heterocycles. The summed E-state index contributed by atoms with van der Waals surface area (Å²) in [5.74, 6) is 0.178. The van der Waals surface area contributed by atoms with Gasteiger partial charge in [-0.05, 0) is 18.4 Å². The van der Waals surface area contributed by atoms with Crippen LogP contribution in [0.15, 0.2) is 18.5 Å². The Balaban J connectivity index is 2.02. The third kappa shape index (κ3) is 1.93. The van der Waals surface area contributed by atoms with Gasteiger partial charge in [-0.3, -0.25) is 4.98 Å². The summed E-state index contributed by atoms with van der Waals surface area (Å²) >= 11 is 0. The average Bonchev–Trinajstić information content (AvgIpc) is 2.12. The number of rotatable bonds is 3. The number of hydrogen-bond donors (Lipinski definition) is 1. The Bertz CT molecular complexity index is 312. The topological polar surface area (TPSA) is 33.1 Å². The van der Waals surface area contributed by atoms with Crippen molar-refractivity contribution >= 4 is 0 Å². The molecule has 1 aromatic heterocycles. The van der Waals surface area contributed by atoms with E-state index in [2.05, 4.69) is 4.98 Å². The fourth-order valence-electron chi connectivity index (χ4n) is 1.83. The van der Waals surface area contributed by atoms with Crippen molar-refractivity contribution in [3.63, 3.8) is 0 Å². The summed E-state index contributed by atoms with van der Waals surface area (Å²) in [6, 6.07) is 1.55. The highest BCUT2D eigenvalue weighted by atomic mass is 19.1. The Morgan fingerprint density at radius 1 is 1.57 bits per heavy atom. The van der Waals surface area contributed by atoms with Gasteiger partial charge in [0, 0.05) is 11.8 Å². The second-order valence-electron chi connectivity index (χ2n) is 3.95. The molecule has 0 spiro atoms. The van der Waals surface area contributed by atoms with Crippen molar-refractivity contribution in [3.05, 3.63) is 29.8 Å². The van der Waals surface area contributed by atoms with Crippen LogP contribution in [0.4, 0.5) is 4.39 Å². The number of halogens is 1. The van der Waals surface area contributed by atoms with Crippen LogP contribution >= 0.6 is 0 Å². The summed E-state index contributed by atoms with van der Waals surface area (Å²) in [7, 11) is 0. The molecule has 1 aliphatic rings. The van der Waals surface area contributed by atoms with E-state index >= 15 is 0 Å². The Hall–Kier alpha value is -0.960. The minimum Gasteiger partial charge on any atom is -0.388 e. The first-order valence-electron chi connectivity index (χ1n) is 5.05. The molecule has 0 aromatic carbocycles. The maximum Gasteiger partial charge on any atom is 0.147 e. The molecular weight excluding hydrogens is 181 g/mol. The zero-order valence-electron chi connectivity index (χ0n) is 7.99. The predicted molar refractivity (Wildman–Crippen MR) is 51.1 cm³/mol. The molecule has 14 heavy (non-hydrogen) atoms. The molecule has 1 atom stereocenters. The fourth-order valence-corrected chi connectivity index (χ4v) is 1.83. The van der Waals surface area contributed by atoms with Crippen LogP contribution in [0.5, 0.6) is 0 Å². The van der Waals surface area contributed by atoms with Crippen LogP contribution in [0.1, 0.15) is 37.4 Å². The van der Waals surface area contributed by atoms with Crippen LogP contribution in [0.3, 0.4) is 0 Å². The highest BCUT2D eigenvalue weighted by molar-refractivity contribution is 5.15. The molecule has 0 aliphatic heterocycles. The molecule has 2 nitrogen and oxygen atoms in total. The van der Waals surface area contributed by atoms with E-state index < -0.39 is 11.9 Å². The molecule has 1 heterocycles. The van der Waals surface area contributed by atoms with Crippen LogP contribution in [-0.4, -0.2) is 10.1 Å². The smallest absolute Gasteiger partial charge is 0.147 e. The highest BCUT2D eigenvalue weighted by Crippen LogP contribution is 2.34. The Kier molecular flexibility index (Phi) is 2.77. The second kappa shape index (κ2) is 4.05. The first-order valence-corrected chi connectivity index (χ1v) is 5.05. The largest absolute Gasteiger partial charge is 0.388 e. The molecule has 76 valence electrons. The molecule has 2 rings (SSSR count). The van der Waals surface area contributed by atoms with Crippen molar-refractivity contribution in [2.75, 3.05) is 0 Å². The number of pyridine rings is 1. The van der Waals surface area contributed by atoms with Crippen molar-refractivity contribution in [1.82, 2.24) is 4.98 Å². The van der Waals surface area contributed by atoms with Gasteiger partial charge in [-0.15, -0.1) is 0 Å². The summed E-state index contributed by atoms with van der Waals surface area (Å²) in [6.45, 7) is 0. The van der Waals surface area contributed by atoms with Gasteiger partial charge in [0.1, 0.15) is 5.82 Å². The van der Waals surface area contributed by atoms with Crippen molar-refractivity contribution < 1.29 is 9.50 Å². The van der Waals surface area contributed by atoms with Crippen molar-refractivity contribution in [2.24, 2.45) is 5.92 Å². The van der Waals surface area contributed by atoms with Gasteiger partial charge in [0.25, 0.3) is 0 Å². The van der Waals surface area contributed by atoms with Crippen LogP contribution in [0, 0.1) is 11.7 Å². The highest BCUT2D eigenvalue weighted by Gasteiger charge is 2.23. The lowest BCUT2D eigenvalue weighted by molar-refractivity contribution is 0.115. The lowest BCUT2D eigenvalue weighted by atomic mass is 9.80. The minimum absolute atomic E-state index is 0.381. The lowest BCUT2D eigenvalue weighted by Crippen LogP contribution is -2.15. The van der Waals surface area contributed by atoms with Crippen molar-refractivity contribution in [1.29, 1.82) is 0 Å². The molecule has 0 amide bonds. The Labute approximate surface area is 82.8 Å². The Morgan fingerprint density at radius 3 is 2.93 bits per heavy atom. The zero-order valence-corrected chi connectivity index (χ0v) is 7.99. The van der Waals surface area contributed by atoms with E-state index in [1.165, 1.54) is 25.5 Å². The van der Waals surface area contributed by atoms with E-state index in [-0.39, 0.29) is 0 Å². The van der Waals surface area contributed by atoms with Gasteiger partial charge in [0.2, 0.25) is 0 Å². The van der Waals surface area contributed by atoms with E-state index in [0.29, 0.717) is 17.9 Å². The van der Waals surface area contributed by atoms with Crippen LogP contribution in [0.2, 0.25) is 0 Å². The van der Waals surface area contributed by atoms with Crippen LogP contribution in [-0.2, 0) is 0 Å². The molecule has 1 aliphatic carbocycles. The molecular formula is C11H14FNO. The maximum absolute atomic E-state index is 13.2. The number of nitrogens with zero attached hydrogens (tertiary/aromatic N) is 1. The quantitative estimate of drug-likeness (QED) is 0.803. The zero-order chi connectivity index (χ0) is 9.97. The molecule has 1 fully saturated rings. The first-order chi connectivity index (χ1) is 6.77. The number of aliphatic hydroxyl groups excluding tert-OH is 1. The summed E-state index contributed by atoms with van der Waals surface area (Å²) in [4.78, 5) is 3.65. The van der Waals surface area contributed by atoms with Crippen LogP contribution < -0.4 is 0 Å². The molecule has 1 saturated carbocycles. The second-order valence-corrected chi connectivity index (χ2v) is 3.95. The van der Waals surface area contributed by atoms with Gasteiger partial charge in [0.15, 0.2) is 0 Å². The lowest BCUT2D eigenvalue weighted by Gasteiger charge is -2.27. The van der Waals surface area contributed by atoms with Gasteiger partial charge in [-0.1, -0.05) is 19.3 Å². The van der Waals surface area contributed by atoms with Gasteiger partial charge >= 0.3 is 0 Å². The SMILES string of the molecule is OC(CC1CCC1)c1ccncc1F. The van der Waals surface area contributed by atoms with Gasteiger partial charge < -0.3 is 5.11 Å². The monoisotopic (exact) mass is 195 g/mol. The van der Waals surface area contributed by atoms with Crippen LogP contribution in [0.25, 0.3) is 0 Å². The predicted octanol–water partition coefficient (Wildman–Crippen LogP) is 2.44. The summed E-state index contributed by atoms with van der Waals surface area (Å²) in [5.41, 5.74) is 0.381. The molecule has 1 unspecified atom stereocenters. The van der Waals surface area contributed by atoms with E-state index in [4.69, 9.17) is 0 Å². The molecule has 1 N–H and O–H groups in total. The molecule has 1 aromatic rings. The molecule has 3 heteroatoms. The summed E-state index contributed by atoms with van der Waals surface area (Å²) in [6.07, 6.45) is 6.27. The number of aromatic nitrogens is 1. The van der Waals surface area contributed by atoms with E-state index in [0.717, 1.165) is 6.20 Å². The summed E-state index contributed by atoms with van der Waals surface area (Å²) < 4.78 is 13.2. The minimum atomic E-state index is -0.664. The van der Waals surface area contributed by atoms with E-state index in [1.54, 1.807) is 6.07 Å². The van der Waals surface area contributed by atoms with Gasteiger partial charge in [-0.2, -0.15) is 0 Å². The van der Waals surface area contributed by atoms with Crippen molar-refractivity contribution in [3.8, 4) is 0 Å². The van der Waals surface area contributed by atoms with E-state index in [1.807, 2.05) is 0 Å².